The molecule has 1 aromatic carbocycles. The largest absolute Gasteiger partial charge is 0.467 e. The first kappa shape index (κ1) is 22.1. The van der Waals surface area contributed by atoms with Crippen LogP contribution in [-0.4, -0.2) is 48.7 Å². The second-order valence-electron chi connectivity index (χ2n) is 10.3. The second-order valence-corrected chi connectivity index (χ2v) is 10.3. The first-order chi connectivity index (χ1) is 14.8. The summed E-state index contributed by atoms with van der Waals surface area (Å²) in [7, 11) is 1.38. The third-order valence-electron chi connectivity index (χ3n) is 8.56. The van der Waals surface area contributed by atoms with Gasteiger partial charge in [0, 0.05) is 19.1 Å². The molecule has 5 rings (SSSR count). The number of hydrogen-bond acceptors (Lipinski definition) is 5. The van der Waals surface area contributed by atoms with Crippen molar-refractivity contribution in [2.75, 3.05) is 20.2 Å². The van der Waals surface area contributed by atoms with Crippen molar-refractivity contribution in [2.24, 2.45) is 23.2 Å². The highest BCUT2D eigenvalue weighted by molar-refractivity contribution is 5.86. The fourth-order valence-corrected chi connectivity index (χ4v) is 6.37. The van der Waals surface area contributed by atoms with Crippen LogP contribution < -0.4 is 5.32 Å². The molecule has 1 saturated heterocycles. The molecule has 170 valence electrons. The SMILES string of the molecule is COC(=O)C1(NC(=O)OCc2ccccc2)CCN([C@@H]2C[C@H]3C[C@@H]([C@H]2C)C3(C)C)CC1. The van der Waals surface area contributed by atoms with E-state index in [1.165, 1.54) is 20.0 Å². The Morgan fingerprint density at radius 3 is 2.39 bits per heavy atom. The molecule has 0 unspecified atom stereocenters. The fourth-order valence-electron chi connectivity index (χ4n) is 6.37. The van der Waals surface area contributed by atoms with Gasteiger partial charge in [-0.05, 0) is 54.4 Å². The average Bonchev–Trinajstić information content (AvgIpc) is 2.78. The number of ether oxygens (including phenoxy) is 2. The van der Waals surface area contributed by atoms with Crippen molar-refractivity contribution in [3.05, 3.63) is 35.9 Å². The van der Waals surface area contributed by atoms with Crippen LogP contribution in [0.2, 0.25) is 0 Å². The third-order valence-corrected chi connectivity index (χ3v) is 8.56. The van der Waals surface area contributed by atoms with E-state index in [4.69, 9.17) is 9.47 Å². The minimum Gasteiger partial charge on any atom is -0.467 e. The van der Waals surface area contributed by atoms with Crippen LogP contribution >= 0.6 is 0 Å². The molecule has 1 N–H and O–H groups in total. The first-order valence-electron chi connectivity index (χ1n) is 11.6. The van der Waals surface area contributed by atoms with Crippen molar-refractivity contribution in [1.29, 1.82) is 0 Å². The zero-order valence-electron chi connectivity index (χ0n) is 19.2. The molecule has 6 nitrogen and oxygen atoms in total. The van der Waals surface area contributed by atoms with Crippen LogP contribution in [0, 0.1) is 23.2 Å². The lowest BCUT2D eigenvalue weighted by atomic mass is 9.44. The van der Waals surface area contributed by atoms with Gasteiger partial charge in [0.25, 0.3) is 0 Å². The molecule has 1 aliphatic heterocycles. The fraction of sp³-hybridized carbons (Fsp3) is 0.680. The molecular formula is C25H36N2O4. The maximum absolute atomic E-state index is 12.7. The van der Waals surface area contributed by atoms with Crippen LogP contribution in [0.3, 0.4) is 0 Å². The van der Waals surface area contributed by atoms with E-state index in [-0.39, 0.29) is 12.6 Å². The lowest BCUT2D eigenvalue weighted by Crippen LogP contribution is -2.65. The van der Waals surface area contributed by atoms with Gasteiger partial charge in [0.05, 0.1) is 7.11 Å². The highest BCUT2D eigenvalue weighted by Crippen LogP contribution is 2.62. The Morgan fingerprint density at radius 1 is 1.13 bits per heavy atom. The van der Waals surface area contributed by atoms with Gasteiger partial charge in [0.1, 0.15) is 12.1 Å². The summed E-state index contributed by atoms with van der Waals surface area (Å²) >= 11 is 0. The standard InChI is InChI=1S/C25H36N2O4/c1-17-20-14-19(24(20,2)3)15-21(17)27-12-10-25(11-13-27,22(28)30-4)26-23(29)31-16-18-8-6-5-7-9-18/h5-9,17,19-21H,10-16H2,1-4H3,(H,26,29)/t17-,19-,20+,21-/m1/s1. The normalized spacial score (nSPS) is 31.2. The Kier molecular flexibility index (Phi) is 6.03. The highest BCUT2D eigenvalue weighted by atomic mass is 16.6. The number of rotatable bonds is 5. The van der Waals surface area contributed by atoms with Crippen LogP contribution in [0.15, 0.2) is 30.3 Å². The van der Waals surface area contributed by atoms with E-state index in [2.05, 4.69) is 31.0 Å². The monoisotopic (exact) mass is 428 g/mol. The molecule has 4 atom stereocenters. The summed E-state index contributed by atoms with van der Waals surface area (Å²) in [5, 5.41) is 2.86. The summed E-state index contributed by atoms with van der Waals surface area (Å²) in [6, 6.07) is 10.1. The lowest BCUT2D eigenvalue weighted by molar-refractivity contribution is -0.156. The Bertz CT molecular complexity index is 801. The summed E-state index contributed by atoms with van der Waals surface area (Å²) in [6.07, 6.45) is 3.11. The van der Waals surface area contributed by atoms with Gasteiger partial charge >= 0.3 is 12.1 Å². The molecule has 4 fully saturated rings. The van der Waals surface area contributed by atoms with Crippen LogP contribution in [-0.2, 0) is 20.9 Å². The van der Waals surface area contributed by atoms with Crippen molar-refractivity contribution >= 4 is 12.1 Å². The van der Waals surface area contributed by atoms with E-state index in [1.54, 1.807) is 0 Å². The van der Waals surface area contributed by atoms with Gasteiger partial charge in [-0.25, -0.2) is 9.59 Å². The third kappa shape index (κ3) is 4.07. The van der Waals surface area contributed by atoms with E-state index in [1.807, 2.05) is 30.3 Å². The van der Waals surface area contributed by atoms with Crippen LogP contribution in [0.1, 0.15) is 52.0 Å². The zero-order chi connectivity index (χ0) is 22.2. The minimum absolute atomic E-state index is 0.175. The van der Waals surface area contributed by atoms with Crippen LogP contribution in [0.25, 0.3) is 0 Å². The van der Waals surface area contributed by atoms with Gasteiger partial charge in [-0.15, -0.1) is 0 Å². The summed E-state index contributed by atoms with van der Waals surface area (Å²) in [6.45, 7) is 8.97. The van der Waals surface area contributed by atoms with Gasteiger partial charge in [0.15, 0.2) is 0 Å². The second kappa shape index (κ2) is 8.45. The number of piperidine rings is 1. The van der Waals surface area contributed by atoms with Crippen molar-refractivity contribution in [1.82, 2.24) is 10.2 Å². The average molecular weight is 429 g/mol. The van der Waals surface area contributed by atoms with E-state index in [0.29, 0.717) is 30.2 Å². The molecule has 1 amide bonds. The molecule has 3 aliphatic carbocycles. The summed E-state index contributed by atoms with van der Waals surface area (Å²) in [4.78, 5) is 27.7. The van der Waals surface area contributed by atoms with Gasteiger partial charge in [-0.1, -0.05) is 51.1 Å². The van der Waals surface area contributed by atoms with Crippen LogP contribution in [0.4, 0.5) is 4.79 Å². The van der Waals surface area contributed by atoms with Crippen LogP contribution in [0.5, 0.6) is 0 Å². The smallest absolute Gasteiger partial charge is 0.408 e. The Labute approximate surface area is 185 Å². The van der Waals surface area contributed by atoms with Gasteiger partial charge in [-0.3, -0.25) is 4.90 Å². The highest BCUT2D eigenvalue weighted by Gasteiger charge is 2.57. The number of methoxy groups -OCH3 is 1. The predicted molar refractivity (Wildman–Crippen MR) is 118 cm³/mol. The number of hydrogen-bond donors (Lipinski definition) is 1. The number of esters is 1. The van der Waals surface area contributed by atoms with E-state index in [0.717, 1.165) is 30.5 Å². The van der Waals surface area contributed by atoms with Crippen molar-refractivity contribution < 1.29 is 19.1 Å². The molecule has 4 aliphatic rings. The molecule has 0 aromatic heterocycles. The van der Waals surface area contributed by atoms with Crippen molar-refractivity contribution in [3.8, 4) is 0 Å². The number of carbonyl (C=O) groups is 2. The number of carbonyl (C=O) groups excluding carboxylic acids is 2. The summed E-state index contributed by atoms with van der Waals surface area (Å²) in [5.41, 5.74) is 0.359. The topological polar surface area (TPSA) is 67.9 Å². The Balaban J connectivity index is 1.36. The number of fused-ring (bicyclic) bond motifs is 2. The lowest BCUT2D eigenvalue weighted by Gasteiger charge is -2.64. The molecule has 2 bridgehead atoms. The molecule has 1 heterocycles. The maximum atomic E-state index is 12.7. The molecule has 31 heavy (non-hydrogen) atoms. The number of nitrogens with zero attached hydrogens (tertiary/aromatic N) is 1. The van der Waals surface area contributed by atoms with Gasteiger partial charge in [-0.2, -0.15) is 0 Å². The zero-order valence-corrected chi connectivity index (χ0v) is 19.2. The maximum Gasteiger partial charge on any atom is 0.408 e. The van der Waals surface area contributed by atoms with Gasteiger partial charge < -0.3 is 14.8 Å². The number of alkyl carbamates (subject to hydrolysis) is 1. The molecule has 1 aromatic rings. The molecule has 0 radical (unpaired) electrons. The van der Waals surface area contributed by atoms with Crippen molar-refractivity contribution in [2.45, 2.75) is 64.6 Å². The predicted octanol–water partition coefficient (Wildman–Crippen LogP) is 3.99. The Hall–Kier alpha value is -2.08. The number of likely N-dealkylation sites (tertiary alicyclic amines) is 1. The molecule has 6 heteroatoms. The number of nitrogens with one attached hydrogen (secondary N) is 1. The van der Waals surface area contributed by atoms with E-state index in [9.17, 15) is 9.59 Å². The van der Waals surface area contributed by atoms with Crippen molar-refractivity contribution in [3.63, 3.8) is 0 Å². The summed E-state index contributed by atoms with van der Waals surface area (Å²) < 4.78 is 10.5. The summed E-state index contributed by atoms with van der Waals surface area (Å²) in [5.74, 6) is 1.87. The molecule has 3 saturated carbocycles. The Morgan fingerprint density at radius 2 is 1.81 bits per heavy atom. The number of amides is 1. The quantitative estimate of drug-likeness (QED) is 0.718. The molecule has 0 spiro atoms. The number of benzene rings is 1. The van der Waals surface area contributed by atoms with E-state index < -0.39 is 11.6 Å². The minimum atomic E-state index is -1.01. The van der Waals surface area contributed by atoms with E-state index >= 15 is 0 Å². The first-order valence-corrected chi connectivity index (χ1v) is 11.6. The van der Waals surface area contributed by atoms with Gasteiger partial charge in [0.2, 0.25) is 0 Å². The molecular weight excluding hydrogens is 392 g/mol.